The van der Waals surface area contributed by atoms with Crippen LogP contribution in [-0.2, 0) is 0 Å². The largest absolute Gasteiger partial charge is 0.346 e. The molecule has 0 fully saturated rings. The normalized spacial score (nSPS) is 15.0. The molecule has 0 aliphatic carbocycles. The number of rotatable bonds is 4. The van der Waals surface area contributed by atoms with E-state index < -0.39 is 0 Å². The maximum atomic E-state index is 12.5. The summed E-state index contributed by atoms with van der Waals surface area (Å²) in [6.45, 7) is 0.373. The van der Waals surface area contributed by atoms with Crippen molar-refractivity contribution in [2.24, 2.45) is 4.99 Å². The number of carbonyl (C=O) groups is 1. The molecule has 5 rings (SSSR count). The first-order valence-electron chi connectivity index (χ1n) is 9.51. The smallest absolute Gasteiger partial charge is 0.261 e. The van der Waals surface area contributed by atoms with Gasteiger partial charge >= 0.3 is 0 Å². The van der Waals surface area contributed by atoms with Gasteiger partial charge in [0.2, 0.25) is 0 Å². The predicted octanol–water partition coefficient (Wildman–Crippen LogP) is 4.86. The second-order valence-corrected chi connectivity index (χ2v) is 7.82. The number of nitrogens with zero attached hydrogens (tertiary/aromatic N) is 2. The summed E-state index contributed by atoms with van der Waals surface area (Å²) in [6, 6.07) is 26.3. The summed E-state index contributed by atoms with van der Waals surface area (Å²) >= 11 is 1.44. The van der Waals surface area contributed by atoms with E-state index in [2.05, 4.69) is 52.5 Å². The Morgan fingerprint density at radius 3 is 2.62 bits per heavy atom. The summed E-state index contributed by atoms with van der Waals surface area (Å²) in [5, 5.41) is 4.95. The number of aromatic nitrogens is 1. The number of aliphatic imine (C=N–C) groups is 1. The highest BCUT2D eigenvalue weighted by Gasteiger charge is 2.24. The second-order valence-electron chi connectivity index (χ2n) is 6.87. The van der Waals surface area contributed by atoms with Gasteiger partial charge < -0.3 is 9.88 Å². The molecule has 0 saturated carbocycles. The minimum absolute atomic E-state index is 0.0705. The number of fused-ring (bicyclic) bond motifs is 3. The molecular weight excluding hydrogens is 378 g/mol. The van der Waals surface area contributed by atoms with Crippen LogP contribution in [0.5, 0.6) is 0 Å². The third kappa shape index (κ3) is 3.30. The van der Waals surface area contributed by atoms with Crippen molar-refractivity contribution in [3.8, 4) is 5.69 Å². The zero-order valence-corrected chi connectivity index (χ0v) is 16.5. The average Bonchev–Trinajstić information content (AvgIpc) is 3.45. The van der Waals surface area contributed by atoms with Crippen molar-refractivity contribution in [2.75, 3.05) is 6.54 Å². The Balaban J connectivity index is 1.58. The zero-order valence-electron chi connectivity index (χ0n) is 15.7. The summed E-state index contributed by atoms with van der Waals surface area (Å²) in [6.07, 6.45) is 2.05. The Kier molecular flexibility index (Phi) is 4.58. The molecule has 2 aromatic heterocycles. The van der Waals surface area contributed by atoms with E-state index in [-0.39, 0.29) is 11.9 Å². The first kappa shape index (κ1) is 17.6. The third-order valence-electron chi connectivity index (χ3n) is 5.10. The van der Waals surface area contributed by atoms with Crippen LogP contribution in [0.3, 0.4) is 0 Å². The number of benzene rings is 2. The van der Waals surface area contributed by atoms with Gasteiger partial charge in [-0.15, -0.1) is 11.3 Å². The first-order valence-corrected chi connectivity index (χ1v) is 10.4. The molecule has 4 nitrogen and oxygen atoms in total. The molecule has 0 saturated heterocycles. The van der Waals surface area contributed by atoms with E-state index in [4.69, 9.17) is 4.99 Å². The van der Waals surface area contributed by atoms with E-state index >= 15 is 0 Å². The minimum atomic E-state index is -0.124. The van der Waals surface area contributed by atoms with Gasteiger partial charge in [-0.05, 0) is 35.2 Å². The second kappa shape index (κ2) is 7.53. The number of para-hydroxylation sites is 1. The third-order valence-corrected chi connectivity index (χ3v) is 5.97. The van der Waals surface area contributed by atoms with Crippen molar-refractivity contribution >= 4 is 23.0 Å². The number of hydrogen-bond donors (Lipinski definition) is 1. The maximum Gasteiger partial charge on any atom is 0.261 e. The topological polar surface area (TPSA) is 46.4 Å². The van der Waals surface area contributed by atoms with Crippen LogP contribution in [0.2, 0.25) is 0 Å². The molecule has 1 amide bonds. The quantitative estimate of drug-likeness (QED) is 0.525. The van der Waals surface area contributed by atoms with E-state index in [1.807, 2.05) is 47.8 Å². The van der Waals surface area contributed by atoms with E-state index in [0.29, 0.717) is 11.4 Å². The number of nitrogens with one attached hydrogen (secondary N) is 1. The molecule has 4 aromatic rings. The van der Waals surface area contributed by atoms with Crippen molar-refractivity contribution < 1.29 is 4.79 Å². The predicted molar refractivity (Wildman–Crippen MR) is 117 cm³/mol. The van der Waals surface area contributed by atoms with Crippen LogP contribution in [0.25, 0.3) is 5.69 Å². The van der Waals surface area contributed by atoms with E-state index in [9.17, 15) is 4.79 Å². The lowest BCUT2D eigenvalue weighted by molar-refractivity contribution is 0.0963. The van der Waals surface area contributed by atoms with Crippen LogP contribution >= 0.6 is 11.3 Å². The number of thiophene rings is 1. The lowest BCUT2D eigenvalue weighted by Gasteiger charge is -2.16. The fraction of sp³-hybridized carbons (Fsp3) is 0.0833. The monoisotopic (exact) mass is 397 g/mol. The molecule has 0 radical (unpaired) electrons. The molecule has 29 heavy (non-hydrogen) atoms. The van der Waals surface area contributed by atoms with Crippen LogP contribution < -0.4 is 5.32 Å². The molecule has 1 N–H and O–H groups in total. The van der Waals surface area contributed by atoms with E-state index in [0.717, 1.165) is 28.2 Å². The minimum Gasteiger partial charge on any atom is -0.346 e. The summed E-state index contributed by atoms with van der Waals surface area (Å²) in [5.41, 5.74) is 5.26. The lowest BCUT2D eigenvalue weighted by atomic mass is 9.98. The molecule has 1 aliphatic heterocycles. The average molecular weight is 398 g/mol. The number of hydrogen-bond acceptors (Lipinski definition) is 3. The Hall–Kier alpha value is -3.44. The molecule has 5 heteroatoms. The van der Waals surface area contributed by atoms with Gasteiger partial charge in [0, 0.05) is 11.8 Å². The van der Waals surface area contributed by atoms with Gasteiger partial charge in [-0.2, -0.15) is 0 Å². The molecule has 3 heterocycles. The van der Waals surface area contributed by atoms with Crippen LogP contribution in [0.1, 0.15) is 32.5 Å². The summed E-state index contributed by atoms with van der Waals surface area (Å²) in [5.74, 6) is -0.0705. The molecular formula is C24H19N3OS. The van der Waals surface area contributed by atoms with Gasteiger partial charge in [0.25, 0.3) is 5.91 Å². The van der Waals surface area contributed by atoms with Crippen molar-refractivity contribution in [1.82, 2.24) is 9.88 Å². The fourth-order valence-electron chi connectivity index (χ4n) is 3.74. The Labute approximate surface area is 173 Å². The van der Waals surface area contributed by atoms with Crippen molar-refractivity contribution in [1.29, 1.82) is 0 Å². The van der Waals surface area contributed by atoms with E-state index in [1.165, 1.54) is 11.3 Å². The summed E-state index contributed by atoms with van der Waals surface area (Å²) in [4.78, 5) is 18.3. The van der Waals surface area contributed by atoms with E-state index in [1.54, 1.807) is 0 Å². The fourth-order valence-corrected chi connectivity index (χ4v) is 4.38. The summed E-state index contributed by atoms with van der Waals surface area (Å²) < 4.78 is 2.16. The summed E-state index contributed by atoms with van der Waals surface area (Å²) in [7, 11) is 0. The van der Waals surface area contributed by atoms with Crippen molar-refractivity contribution in [3.05, 3.63) is 112 Å². The highest BCUT2D eigenvalue weighted by Crippen LogP contribution is 2.34. The molecule has 0 bridgehead atoms. The Bertz CT molecular complexity index is 1180. The highest BCUT2D eigenvalue weighted by atomic mass is 32.1. The van der Waals surface area contributed by atoms with Crippen molar-refractivity contribution in [2.45, 2.75) is 6.04 Å². The Morgan fingerprint density at radius 1 is 0.966 bits per heavy atom. The molecule has 2 aromatic carbocycles. The standard InChI is InChI=1S/C24H19N3OS/c28-24(22-13-7-15-29-22)25-16-19-21-12-6-14-27(21)20-11-5-4-10-18(20)23(26-19)17-8-2-1-3-9-17/h1-15,23H,16H2,(H,25,28). The van der Waals surface area contributed by atoms with Gasteiger partial charge in [-0.1, -0.05) is 54.6 Å². The lowest BCUT2D eigenvalue weighted by Crippen LogP contribution is -2.30. The highest BCUT2D eigenvalue weighted by molar-refractivity contribution is 7.12. The van der Waals surface area contributed by atoms with Crippen LogP contribution in [0.15, 0.2) is 95.4 Å². The van der Waals surface area contributed by atoms with Gasteiger partial charge in [-0.25, -0.2) is 0 Å². The SMILES string of the molecule is O=C(NCC1=NC(c2ccccc2)c2ccccc2-n2cccc21)c1cccs1. The maximum absolute atomic E-state index is 12.5. The molecule has 1 unspecified atom stereocenters. The van der Waals surface area contributed by atoms with Crippen LogP contribution in [0, 0.1) is 0 Å². The van der Waals surface area contributed by atoms with Crippen molar-refractivity contribution in [3.63, 3.8) is 0 Å². The molecule has 0 spiro atoms. The Morgan fingerprint density at radius 2 is 1.79 bits per heavy atom. The van der Waals surface area contributed by atoms with Crippen LogP contribution in [0.4, 0.5) is 0 Å². The van der Waals surface area contributed by atoms with Crippen LogP contribution in [-0.4, -0.2) is 22.7 Å². The van der Waals surface area contributed by atoms with Gasteiger partial charge in [-0.3, -0.25) is 9.79 Å². The first-order chi connectivity index (χ1) is 14.3. The molecule has 142 valence electrons. The number of amides is 1. The zero-order chi connectivity index (χ0) is 19.6. The molecule has 1 aliphatic rings. The van der Waals surface area contributed by atoms with Gasteiger partial charge in [0.15, 0.2) is 0 Å². The van der Waals surface area contributed by atoms with Gasteiger partial charge in [0.05, 0.1) is 28.5 Å². The molecule has 1 atom stereocenters. The number of carbonyl (C=O) groups excluding carboxylic acids is 1. The van der Waals surface area contributed by atoms with Gasteiger partial charge in [0.1, 0.15) is 6.04 Å².